The lowest BCUT2D eigenvalue weighted by atomic mass is 9.94. The maximum Gasteiger partial charge on any atom is 0.0623 e. The van der Waals surface area contributed by atoms with Gasteiger partial charge in [-0.05, 0) is 12.8 Å². The van der Waals surface area contributed by atoms with Crippen LogP contribution in [0.4, 0.5) is 0 Å². The molecule has 0 spiro atoms. The summed E-state index contributed by atoms with van der Waals surface area (Å²) in [5, 5.41) is 3.50. The summed E-state index contributed by atoms with van der Waals surface area (Å²) in [6.45, 7) is 5.74. The van der Waals surface area contributed by atoms with Crippen LogP contribution >= 0.6 is 0 Å². The molecule has 2 heteroatoms. The number of ether oxygens (including phenoxy) is 1. The lowest BCUT2D eigenvalue weighted by Gasteiger charge is -2.36. The molecule has 2 fully saturated rings. The molecule has 56 valence electrons. The van der Waals surface area contributed by atoms with Gasteiger partial charge in [0.15, 0.2) is 0 Å². The number of hydrogen-bond acceptors (Lipinski definition) is 2. The van der Waals surface area contributed by atoms with E-state index in [-0.39, 0.29) is 0 Å². The Hall–Kier alpha value is -0.340. The zero-order valence-electron chi connectivity index (χ0n) is 6.10. The third kappa shape index (κ3) is 1.09. The van der Waals surface area contributed by atoms with E-state index in [1.165, 1.54) is 5.57 Å². The van der Waals surface area contributed by atoms with Gasteiger partial charge in [0, 0.05) is 12.1 Å². The second kappa shape index (κ2) is 2.36. The van der Waals surface area contributed by atoms with Gasteiger partial charge in [-0.25, -0.2) is 0 Å². The van der Waals surface area contributed by atoms with Gasteiger partial charge in [0.05, 0.1) is 13.2 Å². The molecule has 0 amide bonds. The van der Waals surface area contributed by atoms with Crippen molar-refractivity contribution in [3.8, 4) is 0 Å². The summed E-state index contributed by atoms with van der Waals surface area (Å²) in [7, 11) is 0. The summed E-state index contributed by atoms with van der Waals surface area (Å²) in [6, 6.07) is 1.11. The summed E-state index contributed by atoms with van der Waals surface area (Å²) in [5.74, 6) is 0. The summed E-state index contributed by atoms with van der Waals surface area (Å²) in [5.41, 5.74) is 1.39. The van der Waals surface area contributed by atoms with E-state index in [9.17, 15) is 0 Å². The molecule has 2 nitrogen and oxygen atoms in total. The maximum atomic E-state index is 5.38. The Morgan fingerprint density at radius 2 is 1.90 bits per heavy atom. The third-order valence-electron chi connectivity index (χ3n) is 2.18. The molecule has 0 aromatic carbocycles. The SMILES string of the molecule is C=C1CC2COCC(C1)N2. The lowest BCUT2D eigenvalue weighted by Crippen LogP contribution is -2.52. The Labute approximate surface area is 61.3 Å². The molecular formula is C8H13NO. The standard InChI is InChI=1S/C8H13NO/c1-6-2-7-4-10-5-8(3-6)9-7/h7-9H,1-5H2. The van der Waals surface area contributed by atoms with Gasteiger partial charge in [0.25, 0.3) is 0 Å². The van der Waals surface area contributed by atoms with Crippen LogP contribution in [0, 0.1) is 0 Å². The van der Waals surface area contributed by atoms with E-state index < -0.39 is 0 Å². The minimum atomic E-state index is 0.556. The van der Waals surface area contributed by atoms with Gasteiger partial charge in [-0.3, -0.25) is 0 Å². The zero-order chi connectivity index (χ0) is 6.97. The van der Waals surface area contributed by atoms with Crippen molar-refractivity contribution in [2.75, 3.05) is 13.2 Å². The fraction of sp³-hybridized carbons (Fsp3) is 0.750. The topological polar surface area (TPSA) is 21.3 Å². The fourth-order valence-electron chi connectivity index (χ4n) is 1.80. The summed E-state index contributed by atoms with van der Waals surface area (Å²) in [6.07, 6.45) is 2.22. The van der Waals surface area contributed by atoms with Crippen molar-refractivity contribution in [2.24, 2.45) is 0 Å². The summed E-state index contributed by atoms with van der Waals surface area (Å²) in [4.78, 5) is 0. The molecule has 1 N–H and O–H groups in total. The van der Waals surface area contributed by atoms with Gasteiger partial charge in [-0.15, -0.1) is 0 Å². The fourth-order valence-corrected chi connectivity index (χ4v) is 1.80. The van der Waals surface area contributed by atoms with Crippen LogP contribution in [0.15, 0.2) is 12.2 Å². The first-order chi connectivity index (χ1) is 4.84. The van der Waals surface area contributed by atoms with Crippen LogP contribution in [0.2, 0.25) is 0 Å². The number of fused-ring (bicyclic) bond motifs is 2. The highest BCUT2D eigenvalue weighted by Crippen LogP contribution is 2.21. The quantitative estimate of drug-likeness (QED) is 0.499. The van der Waals surface area contributed by atoms with Crippen LogP contribution < -0.4 is 5.32 Å². The van der Waals surface area contributed by atoms with E-state index in [1.54, 1.807) is 0 Å². The number of hydrogen-bond donors (Lipinski definition) is 1. The third-order valence-corrected chi connectivity index (χ3v) is 2.18. The summed E-state index contributed by atoms with van der Waals surface area (Å²) < 4.78 is 5.38. The Balaban J connectivity index is 2.05. The average molecular weight is 139 g/mol. The molecule has 0 aromatic heterocycles. The van der Waals surface area contributed by atoms with Crippen LogP contribution in [-0.2, 0) is 4.74 Å². The normalized spacial score (nSPS) is 39.8. The highest BCUT2D eigenvalue weighted by molar-refractivity contribution is 5.07. The van der Waals surface area contributed by atoms with Crippen molar-refractivity contribution in [2.45, 2.75) is 24.9 Å². The van der Waals surface area contributed by atoms with Crippen molar-refractivity contribution in [1.82, 2.24) is 5.32 Å². The molecule has 2 atom stereocenters. The molecule has 0 saturated carbocycles. The number of piperidine rings is 1. The largest absolute Gasteiger partial charge is 0.378 e. The molecule has 2 aliphatic rings. The van der Waals surface area contributed by atoms with Gasteiger partial charge in [0.1, 0.15) is 0 Å². The Morgan fingerprint density at radius 3 is 2.50 bits per heavy atom. The number of nitrogens with one attached hydrogen (secondary N) is 1. The molecule has 0 aliphatic carbocycles. The van der Waals surface area contributed by atoms with Crippen LogP contribution in [0.25, 0.3) is 0 Å². The number of morpholine rings is 1. The van der Waals surface area contributed by atoms with E-state index in [0.717, 1.165) is 26.1 Å². The minimum absolute atomic E-state index is 0.556. The van der Waals surface area contributed by atoms with Gasteiger partial charge in [0.2, 0.25) is 0 Å². The molecule has 2 rings (SSSR count). The molecule has 2 unspecified atom stereocenters. The first kappa shape index (κ1) is 6.38. The monoisotopic (exact) mass is 139 g/mol. The molecule has 2 heterocycles. The maximum absolute atomic E-state index is 5.38. The molecule has 2 saturated heterocycles. The van der Waals surface area contributed by atoms with E-state index in [2.05, 4.69) is 11.9 Å². The highest BCUT2D eigenvalue weighted by atomic mass is 16.5. The van der Waals surface area contributed by atoms with Gasteiger partial charge in [-0.1, -0.05) is 12.2 Å². The molecule has 0 radical (unpaired) electrons. The van der Waals surface area contributed by atoms with E-state index in [1.807, 2.05) is 0 Å². The highest BCUT2D eigenvalue weighted by Gasteiger charge is 2.27. The Bertz CT molecular complexity index is 141. The predicted octanol–water partition coefficient (Wildman–Crippen LogP) is 0.693. The molecule has 0 aromatic rings. The van der Waals surface area contributed by atoms with Crippen molar-refractivity contribution < 1.29 is 4.74 Å². The minimum Gasteiger partial charge on any atom is -0.378 e. The Kier molecular flexibility index (Phi) is 1.51. The first-order valence-corrected chi connectivity index (χ1v) is 3.85. The van der Waals surface area contributed by atoms with Crippen LogP contribution in [0.3, 0.4) is 0 Å². The number of rotatable bonds is 0. The second-order valence-corrected chi connectivity index (χ2v) is 3.26. The van der Waals surface area contributed by atoms with Crippen molar-refractivity contribution in [3.05, 3.63) is 12.2 Å². The van der Waals surface area contributed by atoms with Crippen LogP contribution in [-0.4, -0.2) is 25.3 Å². The van der Waals surface area contributed by atoms with Crippen molar-refractivity contribution in [1.29, 1.82) is 0 Å². The van der Waals surface area contributed by atoms with Crippen molar-refractivity contribution >= 4 is 0 Å². The Morgan fingerprint density at radius 1 is 1.30 bits per heavy atom. The second-order valence-electron chi connectivity index (χ2n) is 3.26. The van der Waals surface area contributed by atoms with Gasteiger partial charge >= 0.3 is 0 Å². The smallest absolute Gasteiger partial charge is 0.0623 e. The van der Waals surface area contributed by atoms with Gasteiger partial charge < -0.3 is 10.1 Å². The van der Waals surface area contributed by atoms with Gasteiger partial charge in [-0.2, -0.15) is 0 Å². The van der Waals surface area contributed by atoms with E-state index >= 15 is 0 Å². The van der Waals surface area contributed by atoms with Crippen LogP contribution in [0.1, 0.15) is 12.8 Å². The molecular weight excluding hydrogens is 126 g/mol. The lowest BCUT2D eigenvalue weighted by molar-refractivity contribution is 0.0352. The first-order valence-electron chi connectivity index (χ1n) is 3.85. The summed E-state index contributed by atoms with van der Waals surface area (Å²) >= 11 is 0. The molecule has 2 aliphatic heterocycles. The van der Waals surface area contributed by atoms with E-state index in [4.69, 9.17) is 4.74 Å². The van der Waals surface area contributed by atoms with Crippen LogP contribution in [0.5, 0.6) is 0 Å². The average Bonchev–Trinajstić information content (AvgIpc) is 1.85. The zero-order valence-corrected chi connectivity index (χ0v) is 6.10. The van der Waals surface area contributed by atoms with Crippen molar-refractivity contribution in [3.63, 3.8) is 0 Å². The predicted molar refractivity (Wildman–Crippen MR) is 39.9 cm³/mol. The molecule has 2 bridgehead atoms. The van der Waals surface area contributed by atoms with E-state index in [0.29, 0.717) is 12.1 Å². The molecule has 10 heavy (non-hydrogen) atoms.